The van der Waals surface area contributed by atoms with E-state index in [2.05, 4.69) is 15.5 Å². The van der Waals surface area contributed by atoms with E-state index >= 15 is 0 Å². The Morgan fingerprint density at radius 1 is 1.12 bits per heavy atom. The maximum atomic E-state index is 12.9. The summed E-state index contributed by atoms with van der Waals surface area (Å²) in [5.41, 5.74) is 2.80. The van der Waals surface area contributed by atoms with Gasteiger partial charge in [0, 0.05) is 28.9 Å². The molecule has 0 aliphatic heterocycles. The van der Waals surface area contributed by atoms with Gasteiger partial charge in [-0.1, -0.05) is 35.5 Å². The number of hydrogen-bond donors (Lipinski definition) is 1. The van der Waals surface area contributed by atoms with Crippen LogP contribution in [0.25, 0.3) is 11.1 Å². The fourth-order valence-electron chi connectivity index (χ4n) is 4.15. The van der Waals surface area contributed by atoms with Crippen molar-refractivity contribution in [2.75, 3.05) is 31.9 Å². The van der Waals surface area contributed by atoms with Crippen molar-refractivity contribution in [1.29, 1.82) is 0 Å². The number of nitrogens with zero attached hydrogens (tertiary/aromatic N) is 3. The minimum absolute atomic E-state index is 0.105. The fraction of sp³-hybridized carbons (Fsp3) is 0.310. The number of amides is 1. The first kappa shape index (κ1) is 30.4. The number of rotatable bonds is 13. The normalized spacial score (nSPS) is 10.9. The molecule has 41 heavy (non-hydrogen) atoms. The highest BCUT2D eigenvalue weighted by molar-refractivity contribution is 7.99. The zero-order chi connectivity index (χ0) is 29.4. The molecule has 0 saturated carbocycles. The average Bonchev–Trinajstić information content (AvgIpc) is 3.58. The molecule has 2 aromatic carbocycles. The van der Waals surface area contributed by atoms with E-state index in [1.165, 1.54) is 30.2 Å². The second-order valence-electron chi connectivity index (χ2n) is 8.92. The average molecular weight is 615 g/mol. The third-order valence-electron chi connectivity index (χ3n) is 6.22. The fourth-order valence-corrected chi connectivity index (χ4v) is 6.17. The van der Waals surface area contributed by atoms with E-state index in [1.807, 2.05) is 66.3 Å². The molecule has 4 aromatic rings. The molecular formula is C29H31ClN4O5S2. The van der Waals surface area contributed by atoms with Crippen LogP contribution in [0.5, 0.6) is 11.5 Å². The van der Waals surface area contributed by atoms with Crippen LogP contribution in [-0.2, 0) is 22.5 Å². The van der Waals surface area contributed by atoms with Crippen molar-refractivity contribution < 1.29 is 23.8 Å². The van der Waals surface area contributed by atoms with Crippen LogP contribution in [0.1, 0.15) is 35.1 Å². The Bertz CT molecular complexity index is 1500. The van der Waals surface area contributed by atoms with Gasteiger partial charge in [0.2, 0.25) is 5.91 Å². The van der Waals surface area contributed by atoms with Gasteiger partial charge in [0.25, 0.3) is 0 Å². The second kappa shape index (κ2) is 14.4. The van der Waals surface area contributed by atoms with Gasteiger partial charge in [-0.25, -0.2) is 4.79 Å². The number of carbonyl (C=O) groups excluding carboxylic acids is 2. The molecule has 0 aliphatic carbocycles. The van der Waals surface area contributed by atoms with Crippen molar-refractivity contribution in [2.24, 2.45) is 0 Å². The number of methoxy groups -OCH3 is 2. The first-order chi connectivity index (χ1) is 19.8. The Hall–Kier alpha value is -3.54. The monoisotopic (exact) mass is 614 g/mol. The van der Waals surface area contributed by atoms with Gasteiger partial charge in [0.05, 0.1) is 26.6 Å². The van der Waals surface area contributed by atoms with Crippen LogP contribution in [0, 0.1) is 6.92 Å². The lowest BCUT2D eigenvalue weighted by atomic mass is 10.0. The molecule has 12 heteroatoms. The molecule has 1 amide bonds. The first-order valence-electron chi connectivity index (χ1n) is 12.9. The molecule has 0 radical (unpaired) electrons. The van der Waals surface area contributed by atoms with E-state index in [4.69, 9.17) is 25.8 Å². The maximum Gasteiger partial charge on any atom is 0.341 e. The summed E-state index contributed by atoms with van der Waals surface area (Å²) in [6, 6.07) is 12.9. The SMILES string of the molecule is CCn1c(CCCOc2ccc(Cl)cc2C)nnc1SCC(=O)Nc1scc(-c2ccc(OC)cc2)c1C(=O)OC. The van der Waals surface area contributed by atoms with Gasteiger partial charge in [0.1, 0.15) is 27.9 Å². The predicted molar refractivity (Wildman–Crippen MR) is 163 cm³/mol. The molecule has 2 aromatic heterocycles. The Morgan fingerprint density at radius 2 is 1.90 bits per heavy atom. The molecule has 0 spiro atoms. The Balaban J connectivity index is 1.35. The number of aromatic nitrogens is 3. The molecule has 1 N–H and O–H groups in total. The lowest BCUT2D eigenvalue weighted by Crippen LogP contribution is -2.16. The van der Waals surface area contributed by atoms with Crippen LogP contribution >= 0.6 is 34.7 Å². The lowest BCUT2D eigenvalue weighted by Gasteiger charge is -2.10. The van der Waals surface area contributed by atoms with E-state index < -0.39 is 5.97 Å². The summed E-state index contributed by atoms with van der Waals surface area (Å²) in [5.74, 6) is 1.67. The molecule has 0 aliphatic rings. The van der Waals surface area contributed by atoms with Gasteiger partial charge in [-0.2, -0.15) is 0 Å². The number of nitrogens with one attached hydrogen (secondary N) is 1. The first-order valence-corrected chi connectivity index (χ1v) is 15.2. The summed E-state index contributed by atoms with van der Waals surface area (Å²) in [6.45, 7) is 5.18. The van der Waals surface area contributed by atoms with Gasteiger partial charge in [-0.05, 0) is 61.7 Å². The van der Waals surface area contributed by atoms with E-state index in [0.717, 1.165) is 29.1 Å². The predicted octanol–water partition coefficient (Wildman–Crippen LogP) is 6.53. The Kier molecular flexibility index (Phi) is 10.7. The number of anilines is 1. The number of benzene rings is 2. The van der Waals surface area contributed by atoms with E-state index in [9.17, 15) is 9.59 Å². The number of ether oxygens (including phenoxy) is 3. The number of carbonyl (C=O) groups is 2. The molecular weight excluding hydrogens is 584 g/mol. The second-order valence-corrected chi connectivity index (χ2v) is 11.2. The zero-order valence-electron chi connectivity index (χ0n) is 23.2. The summed E-state index contributed by atoms with van der Waals surface area (Å²) in [6.07, 6.45) is 1.45. The molecule has 216 valence electrons. The number of esters is 1. The summed E-state index contributed by atoms with van der Waals surface area (Å²) >= 11 is 8.58. The largest absolute Gasteiger partial charge is 0.497 e. The van der Waals surface area contributed by atoms with Crippen molar-refractivity contribution >= 4 is 51.6 Å². The lowest BCUT2D eigenvalue weighted by molar-refractivity contribution is -0.113. The maximum absolute atomic E-state index is 12.9. The molecule has 4 rings (SSSR count). The van der Waals surface area contributed by atoms with Gasteiger partial charge < -0.3 is 24.1 Å². The van der Waals surface area contributed by atoms with Gasteiger partial charge in [0.15, 0.2) is 5.16 Å². The van der Waals surface area contributed by atoms with E-state index in [0.29, 0.717) is 51.6 Å². The van der Waals surface area contributed by atoms with Crippen molar-refractivity contribution in [3.63, 3.8) is 0 Å². The summed E-state index contributed by atoms with van der Waals surface area (Å²) in [5, 5.41) is 15.1. The molecule has 0 unspecified atom stereocenters. The van der Waals surface area contributed by atoms with Crippen LogP contribution in [0.2, 0.25) is 5.02 Å². The van der Waals surface area contributed by atoms with Crippen molar-refractivity contribution in [3.05, 3.63) is 69.8 Å². The molecule has 0 atom stereocenters. The van der Waals surface area contributed by atoms with Crippen LogP contribution in [0.4, 0.5) is 5.00 Å². The number of halogens is 1. The van der Waals surface area contributed by atoms with Crippen molar-refractivity contribution in [2.45, 2.75) is 38.4 Å². The zero-order valence-corrected chi connectivity index (χ0v) is 25.6. The molecule has 0 bridgehead atoms. The summed E-state index contributed by atoms with van der Waals surface area (Å²) in [7, 11) is 2.91. The third kappa shape index (κ3) is 7.60. The Morgan fingerprint density at radius 3 is 2.59 bits per heavy atom. The van der Waals surface area contributed by atoms with Crippen LogP contribution in [0.3, 0.4) is 0 Å². The minimum atomic E-state index is -0.523. The van der Waals surface area contributed by atoms with Gasteiger partial charge >= 0.3 is 5.97 Å². The topological polar surface area (TPSA) is 105 Å². The minimum Gasteiger partial charge on any atom is -0.497 e. The summed E-state index contributed by atoms with van der Waals surface area (Å²) in [4.78, 5) is 25.5. The summed E-state index contributed by atoms with van der Waals surface area (Å²) < 4.78 is 18.1. The smallest absolute Gasteiger partial charge is 0.341 e. The Labute approximate surface area is 252 Å². The highest BCUT2D eigenvalue weighted by Crippen LogP contribution is 2.37. The number of hydrogen-bond acceptors (Lipinski definition) is 9. The van der Waals surface area contributed by atoms with Gasteiger partial charge in [-0.3, -0.25) is 4.79 Å². The van der Waals surface area contributed by atoms with Gasteiger partial charge in [-0.15, -0.1) is 21.5 Å². The molecule has 9 nitrogen and oxygen atoms in total. The third-order valence-corrected chi connectivity index (χ3v) is 8.31. The van der Waals surface area contributed by atoms with Crippen molar-refractivity contribution in [3.8, 4) is 22.6 Å². The van der Waals surface area contributed by atoms with Crippen LogP contribution in [0.15, 0.2) is 53.0 Å². The van der Waals surface area contributed by atoms with E-state index in [1.54, 1.807) is 7.11 Å². The van der Waals surface area contributed by atoms with E-state index in [-0.39, 0.29) is 11.7 Å². The standard InChI is InChI=1S/C29H31ClN4O5S2/c1-5-34-24(7-6-14-39-23-13-10-20(30)15-18(23)2)32-33-29(34)41-17-25(35)31-27-26(28(36)38-4)22(16-40-27)19-8-11-21(37-3)12-9-19/h8-13,15-16H,5-7,14,17H2,1-4H3,(H,31,35). The van der Waals surface area contributed by atoms with Crippen molar-refractivity contribution in [1.82, 2.24) is 14.8 Å². The molecule has 0 saturated heterocycles. The van der Waals surface area contributed by atoms with Crippen LogP contribution < -0.4 is 14.8 Å². The highest BCUT2D eigenvalue weighted by Gasteiger charge is 2.23. The van der Waals surface area contributed by atoms with Crippen LogP contribution in [-0.4, -0.2) is 53.2 Å². The number of aryl methyl sites for hydroxylation is 2. The molecule has 2 heterocycles. The number of thiophene rings is 1. The number of thioether (sulfide) groups is 1. The quantitative estimate of drug-likeness (QED) is 0.103. The highest BCUT2D eigenvalue weighted by atomic mass is 35.5. The molecule has 0 fully saturated rings.